The molecule has 4 heterocycles. The van der Waals surface area contributed by atoms with Crippen LogP contribution in [0.2, 0.25) is 5.02 Å². The van der Waals surface area contributed by atoms with Gasteiger partial charge in [-0.25, -0.2) is 9.48 Å². The second-order valence-electron chi connectivity index (χ2n) is 15.8. The van der Waals surface area contributed by atoms with Crippen molar-refractivity contribution >= 4 is 68.6 Å². The summed E-state index contributed by atoms with van der Waals surface area (Å²) < 4.78 is 9.36. The monoisotopic (exact) mass is 853 g/mol. The van der Waals surface area contributed by atoms with Gasteiger partial charge in [0.2, 0.25) is 11.8 Å². The standard InChI is InChI=1S/C46H40ClN7O8/c1-25(43(58)52-22-32(23-52)54-45(60)38-15-28(8-10-39(38)51(54)2)37-19-33(55)14-27-5-3-4-6-35(27)37)24-62-34-17-30(47)16-31(18-34)49-46(61)48-20-26-7-9-36-29(13-26)21-53(44(36)59)40-11-12-41(56)50-42(40)57/h3-10,13-19,32,40,55H,1,11-12,20-24H2,2H3,(H2,48,49,61)(H,50,56,57). The quantitative estimate of drug-likeness (QED) is 0.101. The first kappa shape index (κ1) is 40.0. The van der Waals surface area contributed by atoms with Crippen molar-refractivity contribution in [1.29, 1.82) is 0 Å². The van der Waals surface area contributed by atoms with Gasteiger partial charge in [0.15, 0.2) is 0 Å². The number of amides is 6. The Bertz CT molecular complexity index is 2970. The summed E-state index contributed by atoms with van der Waals surface area (Å²) >= 11 is 6.35. The van der Waals surface area contributed by atoms with Gasteiger partial charge in [-0.1, -0.05) is 60.6 Å². The fraction of sp³-hybridized carbons (Fsp3) is 0.217. The molecule has 1 aromatic heterocycles. The van der Waals surface area contributed by atoms with E-state index in [1.54, 1.807) is 58.1 Å². The highest BCUT2D eigenvalue weighted by Gasteiger charge is 2.39. The first-order valence-electron chi connectivity index (χ1n) is 20.0. The molecule has 0 aliphatic carbocycles. The molecule has 62 heavy (non-hydrogen) atoms. The number of urea groups is 1. The van der Waals surface area contributed by atoms with Crippen LogP contribution in [0.5, 0.6) is 11.5 Å². The van der Waals surface area contributed by atoms with E-state index in [0.29, 0.717) is 35.5 Å². The summed E-state index contributed by atoms with van der Waals surface area (Å²) in [7, 11) is 1.82. The van der Waals surface area contributed by atoms with Gasteiger partial charge in [-0.3, -0.25) is 34.0 Å². The fourth-order valence-electron chi connectivity index (χ4n) is 8.52. The van der Waals surface area contributed by atoms with Crippen LogP contribution in [0.4, 0.5) is 10.5 Å². The number of aromatic nitrogens is 2. The van der Waals surface area contributed by atoms with Crippen LogP contribution in [0.25, 0.3) is 32.8 Å². The lowest BCUT2D eigenvalue weighted by Gasteiger charge is -2.40. The van der Waals surface area contributed by atoms with Crippen LogP contribution in [0.15, 0.2) is 108 Å². The Kier molecular flexibility index (Phi) is 10.3. The number of carbonyl (C=O) groups is 5. The maximum Gasteiger partial charge on any atom is 0.319 e. The third kappa shape index (κ3) is 7.51. The molecule has 3 aliphatic heterocycles. The van der Waals surface area contributed by atoms with Crippen LogP contribution >= 0.6 is 11.6 Å². The number of anilines is 1. The van der Waals surface area contributed by atoms with Crippen LogP contribution < -0.4 is 26.2 Å². The van der Waals surface area contributed by atoms with Gasteiger partial charge >= 0.3 is 6.03 Å². The molecule has 16 heteroatoms. The molecule has 1 atom stereocenters. The number of likely N-dealkylation sites (tertiary alicyclic amines) is 1. The van der Waals surface area contributed by atoms with Crippen molar-refractivity contribution in [1.82, 2.24) is 29.8 Å². The molecule has 2 saturated heterocycles. The van der Waals surface area contributed by atoms with E-state index in [0.717, 1.165) is 38.5 Å². The molecule has 5 aromatic carbocycles. The van der Waals surface area contributed by atoms with E-state index in [9.17, 15) is 33.9 Å². The van der Waals surface area contributed by atoms with Gasteiger partial charge in [0.1, 0.15) is 24.1 Å². The Labute approximate surface area is 359 Å². The van der Waals surface area contributed by atoms with Crippen LogP contribution in [0.1, 0.15) is 40.4 Å². The van der Waals surface area contributed by atoms with Crippen molar-refractivity contribution in [2.45, 2.75) is 38.0 Å². The molecular formula is C46H40ClN7O8. The third-order valence-corrected chi connectivity index (χ3v) is 11.9. The molecule has 2 fully saturated rings. The lowest BCUT2D eigenvalue weighted by Crippen LogP contribution is -2.54. The zero-order chi connectivity index (χ0) is 43.4. The number of ether oxygens (including phenoxy) is 1. The van der Waals surface area contributed by atoms with Crippen molar-refractivity contribution in [3.63, 3.8) is 0 Å². The van der Waals surface area contributed by atoms with Crippen molar-refractivity contribution in [3.05, 3.63) is 135 Å². The van der Waals surface area contributed by atoms with E-state index >= 15 is 0 Å². The third-order valence-electron chi connectivity index (χ3n) is 11.6. The van der Waals surface area contributed by atoms with Gasteiger partial charge in [0.25, 0.3) is 17.4 Å². The Balaban J connectivity index is 0.778. The van der Waals surface area contributed by atoms with Gasteiger partial charge in [-0.15, -0.1) is 0 Å². The minimum Gasteiger partial charge on any atom is -0.508 e. The van der Waals surface area contributed by atoms with Crippen LogP contribution in [0.3, 0.4) is 0 Å². The molecule has 0 bridgehead atoms. The van der Waals surface area contributed by atoms with Crippen LogP contribution in [-0.4, -0.2) is 79.7 Å². The Morgan fingerprint density at radius 2 is 1.74 bits per heavy atom. The van der Waals surface area contributed by atoms with Crippen molar-refractivity contribution in [2.75, 3.05) is 25.0 Å². The highest BCUT2D eigenvalue weighted by molar-refractivity contribution is 6.31. The Hall–Kier alpha value is -7.39. The molecule has 1 unspecified atom stereocenters. The van der Waals surface area contributed by atoms with E-state index in [1.165, 1.54) is 4.90 Å². The molecule has 6 amide bonds. The van der Waals surface area contributed by atoms with E-state index < -0.39 is 18.0 Å². The summed E-state index contributed by atoms with van der Waals surface area (Å²) in [5, 5.41) is 20.9. The van der Waals surface area contributed by atoms with Crippen molar-refractivity contribution in [3.8, 4) is 22.6 Å². The number of halogens is 1. The predicted molar refractivity (Wildman–Crippen MR) is 232 cm³/mol. The van der Waals surface area contributed by atoms with Crippen molar-refractivity contribution in [2.24, 2.45) is 7.05 Å². The van der Waals surface area contributed by atoms with E-state index in [2.05, 4.69) is 22.5 Å². The van der Waals surface area contributed by atoms with Gasteiger partial charge in [-0.2, -0.15) is 0 Å². The number of nitrogens with zero attached hydrogens (tertiary/aromatic N) is 4. The molecule has 0 spiro atoms. The molecule has 9 rings (SSSR count). The minimum atomic E-state index is -0.717. The second-order valence-corrected chi connectivity index (χ2v) is 16.2. The van der Waals surface area contributed by atoms with Crippen LogP contribution in [0, 0.1) is 0 Å². The van der Waals surface area contributed by atoms with E-state index in [4.69, 9.17) is 16.3 Å². The summed E-state index contributed by atoms with van der Waals surface area (Å²) in [6.45, 7) is 4.76. The Morgan fingerprint density at radius 1 is 0.935 bits per heavy atom. The zero-order valence-electron chi connectivity index (χ0n) is 33.4. The zero-order valence-corrected chi connectivity index (χ0v) is 34.2. The average molecular weight is 854 g/mol. The molecule has 4 N–H and O–H groups in total. The summed E-state index contributed by atoms with van der Waals surface area (Å²) in [6.07, 6.45) is 0.434. The number of hydrogen-bond donors (Lipinski definition) is 4. The Morgan fingerprint density at radius 3 is 2.55 bits per heavy atom. The van der Waals surface area contributed by atoms with Crippen LogP contribution in [-0.2, 0) is 34.5 Å². The van der Waals surface area contributed by atoms with E-state index in [-0.39, 0.29) is 78.2 Å². The summed E-state index contributed by atoms with van der Waals surface area (Å²) in [4.78, 5) is 80.1. The number of benzene rings is 5. The summed E-state index contributed by atoms with van der Waals surface area (Å²) in [6, 6.07) is 25.2. The maximum absolute atomic E-state index is 13.8. The topological polar surface area (TPSA) is 184 Å². The van der Waals surface area contributed by atoms with Gasteiger partial charge < -0.3 is 30.3 Å². The summed E-state index contributed by atoms with van der Waals surface area (Å²) in [5.41, 5.74) is 4.67. The first-order valence-corrected chi connectivity index (χ1v) is 20.3. The lowest BCUT2D eigenvalue weighted by molar-refractivity contribution is -0.137. The molecule has 6 aromatic rings. The van der Waals surface area contributed by atoms with Gasteiger partial charge in [-0.05, 0) is 81.9 Å². The van der Waals surface area contributed by atoms with E-state index in [1.807, 2.05) is 54.2 Å². The van der Waals surface area contributed by atoms with Gasteiger partial charge in [0, 0.05) is 67.6 Å². The largest absolute Gasteiger partial charge is 0.508 e. The number of imide groups is 1. The van der Waals surface area contributed by atoms with Crippen molar-refractivity contribution < 1.29 is 33.8 Å². The number of nitrogens with one attached hydrogen (secondary N) is 3. The fourth-order valence-corrected chi connectivity index (χ4v) is 8.75. The molecule has 314 valence electrons. The normalized spacial score (nSPS) is 16.3. The number of phenolic OH excluding ortho intramolecular Hbond substituents is 1. The predicted octanol–water partition coefficient (Wildman–Crippen LogP) is 5.62. The highest BCUT2D eigenvalue weighted by Crippen LogP contribution is 2.35. The molecule has 0 radical (unpaired) electrons. The number of fused-ring (bicyclic) bond motifs is 3. The molecule has 15 nitrogen and oxygen atoms in total. The number of phenols is 1. The summed E-state index contributed by atoms with van der Waals surface area (Å²) in [5.74, 6) is -0.988. The smallest absolute Gasteiger partial charge is 0.319 e. The number of carbonyl (C=O) groups excluding carboxylic acids is 5. The second kappa shape index (κ2) is 15.9. The molecular weight excluding hydrogens is 814 g/mol. The molecule has 0 saturated carbocycles. The number of piperidine rings is 1. The number of rotatable bonds is 10. The maximum atomic E-state index is 13.8. The number of aryl methyl sites for hydroxylation is 1. The number of aromatic hydroxyl groups is 1. The minimum absolute atomic E-state index is 0.139. The lowest BCUT2D eigenvalue weighted by atomic mass is 9.97. The van der Waals surface area contributed by atoms with Gasteiger partial charge in [0.05, 0.1) is 16.9 Å². The number of hydrogen-bond acceptors (Lipinski definition) is 8. The SMILES string of the molecule is C=C(COc1cc(Cl)cc(NC(=O)NCc2ccc3c(c2)CN(C2CCC(=O)NC2=O)C3=O)c1)C(=O)N1CC(n2c(=O)c3cc(-c4cc(O)cc5ccccc45)ccc3n2C)C1. The first-order chi connectivity index (χ1) is 29.8. The highest BCUT2D eigenvalue weighted by atomic mass is 35.5. The molecule has 3 aliphatic rings. The average Bonchev–Trinajstić information content (AvgIpc) is 3.68.